The van der Waals surface area contributed by atoms with E-state index in [0.29, 0.717) is 17.9 Å². The average Bonchev–Trinajstić information content (AvgIpc) is 3.31. The van der Waals surface area contributed by atoms with Crippen LogP contribution in [0.3, 0.4) is 0 Å². The highest BCUT2D eigenvalue weighted by Gasteiger charge is 2.24. The standard InChI is InChI=1S/C30H28F2N2O3/c1-36-25-15-24(16-26(17-25)37-2)34-23(14-20-8-7-19-5-3-4-6-27(19)30(20)34)10-12-29(35)33-18-21-13-22(31)9-11-28(21)32/h3-6,9,11,13-17H,7-8,10,12,18H2,1-2H3,(H,33,35). The van der Waals surface area contributed by atoms with Gasteiger partial charge < -0.3 is 19.4 Å². The monoisotopic (exact) mass is 502 g/mol. The molecule has 190 valence electrons. The number of carbonyl (C=O) groups is 1. The lowest BCUT2D eigenvalue weighted by Crippen LogP contribution is -2.24. The highest BCUT2D eigenvalue weighted by Crippen LogP contribution is 2.39. The van der Waals surface area contributed by atoms with Crippen LogP contribution < -0.4 is 14.8 Å². The molecule has 5 rings (SSSR count). The molecule has 0 atom stereocenters. The van der Waals surface area contributed by atoms with Crippen LogP contribution in [0.5, 0.6) is 11.5 Å². The topological polar surface area (TPSA) is 52.5 Å². The van der Waals surface area contributed by atoms with Gasteiger partial charge in [-0.15, -0.1) is 0 Å². The molecule has 0 unspecified atom stereocenters. The average molecular weight is 503 g/mol. The number of fused-ring (bicyclic) bond motifs is 3. The molecular formula is C30H28F2N2O3. The van der Waals surface area contributed by atoms with Gasteiger partial charge in [-0.05, 0) is 54.7 Å². The second kappa shape index (κ2) is 10.5. The quantitative estimate of drug-likeness (QED) is 0.332. The summed E-state index contributed by atoms with van der Waals surface area (Å²) in [5, 5.41) is 2.72. The zero-order chi connectivity index (χ0) is 25.9. The number of nitrogens with zero attached hydrogens (tertiary/aromatic N) is 1. The molecule has 0 saturated carbocycles. The fourth-order valence-corrected chi connectivity index (χ4v) is 4.95. The van der Waals surface area contributed by atoms with Gasteiger partial charge in [-0.3, -0.25) is 4.79 Å². The van der Waals surface area contributed by atoms with E-state index in [0.717, 1.165) is 48.1 Å². The molecule has 37 heavy (non-hydrogen) atoms. The molecule has 1 aromatic heterocycles. The van der Waals surface area contributed by atoms with Gasteiger partial charge in [-0.1, -0.05) is 24.3 Å². The number of hydrogen-bond donors (Lipinski definition) is 1. The largest absolute Gasteiger partial charge is 0.497 e. The van der Waals surface area contributed by atoms with Crippen LogP contribution in [0.15, 0.2) is 66.7 Å². The van der Waals surface area contributed by atoms with Gasteiger partial charge >= 0.3 is 0 Å². The van der Waals surface area contributed by atoms with Crippen molar-refractivity contribution >= 4 is 5.91 Å². The van der Waals surface area contributed by atoms with Crippen molar-refractivity contribution in [2.45, 2.75) is 32.2 Å². The maximum Gasteiger partial charge on any atom is 0.220 e. The van der Waals surface area contributed by atoms with Crippen LogP contribution in [-0.4, -0.2) is 24.7 Å². The Kier molecular flexibility index (Phi) is 6.95. The summed E-state index contributed by atoms with van der Waals surface area (Å²) in [6.45, 7) is -0.0691. The van der Waals surface area contributed by atoms with Crippen LogP contribution in [0.4, 0.5) is 8.78 Å². The third kappa shape index (κ3) is 5.07. The molecule has 0 bridgehead atoms. The predicted molar refractivity (Wildman–Crippen MR) is 138 cm³/mol. The van der Waals surface area contributed by atoms with Crippen molar-refractivity contribution in [1.82, 2.24) is 9.88 Å². The summed E-state index contributed by atoms with van der Waals surface area (Å²) in [6.07, 6.45) is 2.51. The summed E-state index contributed by atoms with van der Waals surface area (Å²) in [7, 11) is 3.23. The SMILES string of the molecule is COc1cc(OC)cc(-n2c(CCC(=O)NCc3cc(F)ccc3F)cc3c2-c2ccccc2CC3)c1. The van der Waals surface area contributed by atoms with Gasteiger partial charge in [0.25, 0.3) is 0 Å². The van der Waals surface area contributed by atoms with Crippen molar-refractivity contribution < 1.29 is 23.0 Å². The van der Waals surface area contributed by atoms with E-state index in [-0.39, 0.29) is 24.4 Å². The second-order valence-corrected chi connectivity index (χ2v) is 9.09. The van der Waals surface area contributed by atoms with Gasteiger partial charge in [0.1, 0.15) is 23.1 Å². The molecule has 0 radical (unpaired) electrons. The summed E-state index contributed by atoms with van der Waals surface area (Å²) in [5.41, 5.74) is 6.75. The number of aryl methyl sites for hydroxylation is 3. The van der Waals surface area contributed by atoms with Gasteiger partial charge in [0.15, 0.2) is 0 Å². The van der Waals surface area contributed by atoms with Gasteiger partial charge in [0.2, 0.25) is 5.91 Å². The van der Waals surface area contributed by atoms with Crippen molar-refractivity contribution in [3.8, 4) is 28.4 Å². The van der Waals surface area contributed by atoms with E-state index in [2.05, 4.69) is 34.1 Å². The van der Waals surface area contributed by atoms with Gasteiger partial charge in [-0.2, -0.15) is 0 Å². The summed E-state index contributed by atoms with van der Waals surface area (Å²) in [6, 6.07) is 19.5. The minimum Gasteiger partial charge on any atom is -0.497 e. The van der Waals surface area contributed by atoms with E-state index in [9.17, 15) is 13.6 Å². The number of rotatable bonds is 8. The fraction of sp³-hybridized carbons (Fsp3) is 0.233. The Hall–Kier alpha value is -4.13. The number of nitrogens with one attached hydrogen (secondary N) is 1. The third-order valence-corrected chi connectivity index (χ3v) is 6.78. The first-order valence-corrected chi connectivity index (χ1v) is 12.2. The lowest BCUT2D eigenvalue weighted by Gasteiger charge is -2.21. The molecular weight excluding hydrogens is 474 g/mol. The molecule has 5 nitrogen and oxygen atoms in total. The van der Waals surface area contributed by atoms with Crippen LogP contribution in [0.25, 0.3) is 16.9 Å². The van der Waals surface area contributed by atoms with Gasteiger partial charge in [0, 0.05) is 48.0 Å². The first-order chi connectivity index (χ1) is 18.0. The molecule has 3 aromatic carbocycles. The first-order valence-electron chi connectivity index (χ1n) is 12.2. The summed E-state index contributed by atoms with van der Waals surface area (Å²) >= 11 is 0. The molecule has 1 aliphatic rings. The molecule has 0 spiro atoms. The number of benzene rings is 3. The van der Waals surface area contributed by atoms with Crippen LogP contribution in [0, 0.1) is 11.6 Å². The first kappa shape index (κ1) is 24.6. The summed E-state index contributed by atoms with van der Waals surface area (Å²) in [4.78, 5) is 12.7. The lowest BCUT2D eigenvalue weighted by atomic mass is 9.90. The Balaban J connectivity index is 1.47. The van der Waals surface area contributed by atoms with E-state index < -0.39 is 11.6 Å². The highest BCUT2D eigenvalue weighted by atomic mass is 19.1. The minimum absolute atomic E-state index is 0.0691. The molecule has 4 aromatic rings. The molecule has 1 amide bonds. The summed E-state index contributed by atoms with van der Waals surface area (Å²) < 4.78 is 40.6. The van der Waals surface area contributed by atoms with Crippen molar-refractivity contribution in [3.63, 3.8) is 0 Å². The van der Waals surface area contributed by atoms with E-state index in [1.165, 1.54) is 16.7 Å². The predicted octanol–water partition coefficient (Wildman–Crippen LogP) is 5.79. The Labute approximate surface area is 214 Å². The Bertz CT molecular complexity index is 1440. The van der Waals surface area contributed by atoms with Crippen molar-refractivity contribution in [2.24, 2.45) is 0 Å². The molecule has 0 saturated heterocycles. The number of amides is 1. The van der Waals surface area contributed by atoms with Crippen LogP contribution in [0.2, 0.25) is 0 Å². The number of hydrogen-bond acceptors (Lipinski definition) is 3. The zero-order valence-electron chi connectivity index (χ0n) is 20.8. The van der Waals surface area contributed by atoms with Crippen LogP contribution >= 0.6 is 0 Å². The van der Waals surface area contributed by atoms with Crippen molar-refractivity contribution in [3.05, 3.63) is 101 Å². The van der Waals surface area contributed by atoms with Gasteiger partial charge in [0.05, 0.1) is 25.6 Å². The van der Waals surface area contributed by atoms with E-state index in [1.807, 2.05) is 24.3 Å². The smallest absolute Gasteiger partial charge is 0.220 e. The maximum absolute atomic E-state index is 13.9. The number of ether oxygens (including phenoxy) is 2. The molecule has 1 aliphatic carbocycles. The number of carbonyl (C=O) groups excluding carboxylic acids is 1. The zero-order valence-corrected chi connectivity index (χ0v) is 20.8. The molecule has 1 N–H and O–H groups in total. The fourth-order valence-electron chi connectivity index (χ4n) is 4.95. The van der Waals surface area contributed by atoms with Crippen LogP contribution in [-0.2, 0) is 30.6 Å². The van der Waals surface area contributed by atoms with E-state index in [4.69, 9.17) is 9.47 Å². The number of aromatic nitrogens is 1. The molecule has 0 aliphatic heterocycles. The number of halogens is 2. The maximum atomic E-state index is 13.9. The Morgan fingerprint density at radius 1 is 0.919 bits per heavy atom. The lowest BCUT2D eigenvalue weighted by molar-refractivity contribution is -0.121. The molecule has 7 heteroatoms. The second-order valence-electron chi connectivity index (χ2n) is 9.09. The molecule has 1 heterocycles. The Morgan fingerprint density at radius 2 is 1.65 bits per heavy atom. The minimum atomic E-state index is -0.547. The van der Waals surface area contributed by atoms with E-state index >= 15 is 0 Å². The summed E-state index contributed by atoms with van der Waals surface area (Å²) in [5.74, 6) is 0.0124. The number of methoxy groups -OCH3 is 2. The normalized spacial score (nSPS) is 12.0. The van der Waals surface area contributed by atoms with Crippen LogP contribution in [0.1, 0.15) is 28.8 Å². The molecule has 0 fully saturated rings. The van der Waals surface area contributed by atoms with Gasteiger partial charge in [-0.25, -0.2) is 8.78 Å². The van der Waals surface area contributed by atoms with Crippen molar-refractivity contribution in [1.29, 1.82) is 0 Å². The van der Waals surface area contributed by atoms with E-state index in [1.54, 1.807) is 14.2 Å². The Morgan fingerprint density at radius 3 is 2.41 bits per heavy atom. The highest BCUT2D eigenvalue weighted by molar-refractivity contribution is 5.77. The third-order valence-electron chi connectivity index (χ3n) is 6.78. The van der Waals surface area contributed by atoms with Crippen molar-refractivity contribution in [2.75, 3.05) is 14.2 Å².